The topological polar surface area (TPSA) is 52.9 Å². The fraction of sp³-hybridized carbons (Fsp3) is 0.273. The monoisotopic (exact) mass is 314 g/mol. The number of nitriles is 1. The molecular weight excluding hydrogens is 303 g/mol. The van der Waals surface area contributed by atoms with E-state index in [-0.39, 0.29) is 9.83 Å². The zero-order valence-electron chi connectivity index (χ0n) is 8.33. The van der Waals surface area contributed by atoms with Crippen molar-refractivity contribution < 1.29 is 4.79 Å². The third-order valence-corrected chi connectivity index (χ3v) is 3.37. The SMILES string of the molecule is CCC(I)C(=O)Nc1ccc(C#N)cc1. The molecule has 4 heteroatoms. The van der Waals surface area contributed by atoms with E-state index in [9.17, 15) is 4.79 Å². The van der Waals surface area contributed by atoms with E-state index in [0.29, 0.717) is 5.56 Å². The Bertz CT molecular complexity index is 381. The number of anilines is 1. The highest BCUT2D eigenvalue weighted by atomic mass is 127. The molecule has 0 bridgehead atoms. The van der Waals surface area contributed by atoms with E-state index < -0.39 is 0 Å². The van der Waals surface area contributed by atoms with Gasteiger partial charge in [0.25, 0.3) is 0 Å². The summed E-state index contributed by atoms with van der Waals surface area (Å²) >= 11 is 2.11. The average Bonchev–Trinajstić information content (AvgIpc) is 2.29. The van der Waals surface area contributed by atoms with Crippen LogP contribution in [0.25, 0.3) is 0 Å². The van der Waals surface area contributed by atoms with Crippen molar-refractivity contribution in [3.05, 3.63) is 29.8 Å². The zero-order chi connectivity index (χ0) is 11.3. The molecule has 15 heavy (non-hydrogen) atoms. The van der Waals surface area contributed by atoms with Crippen LogP contribution in [0.5, 0.6) is 0 Å². The van der Waals surface area contributed by atoms with E-state index in [1.165, 1.54) is 0 Å². The smallest absolute Gasteiger partial charge is 0.237 e. The Balaban J connectivity index is 2.66. The quantitative estimate of drug-likeness (QED) is 0.689. The molecule has 1 amide bonds. The minimum Gasteiger partial charge on any atom is -0.325 e. The number of carbonyl (C=O) groups excluding carboxylic acids is 1. The first kappa shape index (κ1) is 12.0. The van der Waals surface area contributed by atoms with E-state index in [4.69, 9.17) is 5.26 Å². The van der Waals surface area contributed by atoms with Gasteiger partial charge in [-0.15, -0.1) is 0 Å². The van der Waals surface area contributed by atoms with Crippen molar-refractivity contribution in [2.45, 2.75) is 17.3 Å². The molecule has 1 N–H and O–H groups in total. The molecule has 1 aromatic carbocycles. The molecular formula is C11H11IN2O. The number of hydrogen-bond donors (Lipinski definition) is 1. The first-order valence-corrected chi connectivity index (χ1v) is 5.87. The highest BCUT2D eigenvalue weighted by molar-refractivity contribution is 14.1. The minimum absolute atomic E-state index is 0.00260. The third kappa shape index (κ3) is 3.51. The van der Waals surface area contributed by atoms with Crippen LogP contribution in [0.1, 0.15) is 18.9 Å². The summed E-state index contributed by atoms with van der Waals surface area (Å²) in [6.07, 6.45) is 0.808. The number of alkyl halides is 1. The van der Waals surface area contributed by atoms with Crippen molar-refractivity contribution in [2.24, 2.45) is 0 Å². The molecule has 0 aliphatic heterocycles. The predicted octanol–water partition coefficient (Wildman–Crippen LogP) is 2.71. The standard InChI is InChI=1S/C11H11IN2O/c1-2-10(12)11(15)14-9-5-3-8(7-13)4-6-9/h3-6,10H,2H2,1H3,(H,14,15). The molecule has 1 atom stereocenters. The largest absolute Gasteiger partial charge is 0.325 e. The molecule has 3 nitrogen and oxygen atoms in total. The van der Waals surface area contributed by atoms with Crippen LogP contribution in [0, 0.1) is 11.3 Å². The van der Waals surface area contributed by atoms with Gasteiger partial charge in [-0.25, -0.2) is 0 Å². The van der Waals surface area contributed by atoms with Gasteiger partial charge in [-0.2, -0.15) is 5.26 Å². The Morgan fingerprint density at radius 1 is 1.53 bits per heavy atom. The Hall–Kier alpha value is -1.09. The van der Waals surface area contributed by atoms with Crippen LogP contribution >= 0.6 is 22.6 Å². The molecule has 0 aliphatic carbocycles. The van der Waals surface area contributed by atoms with Gasteiger partial charge in [-0.1, -0.05) is 29.5 Å². The summed E-state index contributed by atoms with van der Waals surface area (Å²) in [6.45, 7) is 1.97. The molecule has 1 aromatic rings. The van der Waals surface area contributed by atoms with E-state index in [1.807, 2.05) is 13.0 Å². The second-order valence-corrected chi connectivity index (χ2v) is 4.56. The van der Waals surface area contributed by atoms with Crippen molar-refractivity contribution in [3.63, 3.8) is 0 Å². The van der Waals surface area contributed by atoms with Gasteiger partial charge >= 0.3 is 0 Å². The fourth-order valence-electron chi connectivity index (χ4n) is 1.03. The second kappa shape index (κ2) is 5.71. The number of nitrogens with one attached hydrogen (secondary N) is 1. The zero-order valence-corrected chi connectivity index (χ0v) is 10.5. The lowest BCUT2D eigenvalue weighted by Gasteiger charge is -2.08. The molecule has 0 spiro atoms. The predicted molar refractivity (Wildman–Crippen MR) is 67.9 cm³/mol. The maximum absolute atomic E-state index is 11.5. The molecule has 0 saturated carbocycles. The van der Waals surface area contributed by atoms with Gasteiger partial charge in [0.05, 0.1) is 15.6 Å². The van der Waals surface area contributed by atoms with Crippen LogP contribution < -0.4 is 5.32 Å². The van der Waals surface area contributed by atoms with Crippen LogP contribution in [0.4, 0.5) is 5.69 Å². The van der Waals surface area contributed by atoms with Crippen molar-refractivity contribution >= 4 is 34.2 Å². The Labute approximate surface area is 103 Å². The first-order valence-electron chi connectivity index (χ1n) is 4.62. The van der Waals surface area contributed by atoms with Crippen molar-refractivity contribution in [1.82, 2.24) is 0 Å². The molecule has 0 heterocycles. The van der Waals surface area contributed by atoms with Crippen molar-refractivity contribution in [2.75, 3.05) is 5.32 Å². The molecule has 0 saturated heterocycles. The summed E-state index contributed by atoms with van der Waals surface area (Å²) in [5, 5.41) is 11.4. The van der Waals surface area contributed by atoms with Crippen LogP contribution in [0.15, 0.2) is 24.3 Å². The second-order valence-electron chi connectivity index (χ2n) is 3.05. The van der Waals surface area contributed by atoms with Gasteiger partial charge in [0.2, 0.25) is 5.91 Å². The third-order valence-electron chi connectivity index (χ3n) is 1.92. The lowest BCUT2D eigenvalue weighted by molar-refractivity contribution is -0.115. The van der Waals surface area contributed by atoms with Crippen LogP contribution in [0.2, 0.25) is 0 Å². The van der Waals surface area contributed by atoms with Crippen molar-refractivity contribution in [1.29, 1.82) is 5.26 Å². The van der Waals surface area contributed by atoms with E-state index in [0.717, 1.165) is 12.1 Å². The summed E-state index contributed by atoms with van der Waals surface area (Å²) in [5.41, 5.74) is 1.32. The molecule has 78 valence electrons. The maximum atomic E-state index is 11.5. The first-order chi connectivity index (χ1) is 7.17. The average molecular weight is 314 g/mol. The van der Waals surface area contributed by atoms with Gasteiger partial charge < -0.3 is 5.32 Å². The van der Waals surface area contributed by atoms with E-state index in [2.05, 4.69) is 27.9 Å². The number of nitrogens with zero attached hydrogens (tertiary/aromatic N) is 1. The summed E-state index contributed by atoms with van der Waals surface area (Å²) in [7, 11) is 0. The van der Waals surface area contributed by atoms with Crippen molar-refractivity contribution in [3.8, 4) is 6.07 Å². The fourth-order valence-corrected chi connectivity index (χ4v) is 1.19. The Morgan fingerprint density at radius 2 is 2.13 bits per heavy atom. The highest BCUT2D eigenvalue weighted by Crippen LogP contribution is 2.12. The van der Waals surface area contributed by atoms with Gasteiger partial charge in [0, 0.05) is 5.69 Å². The number of amides is 1. The van der Waals surface area contributed by atoms with E-state index >= 15 is 0 Å². The lowest BCUT2D eigenvalue weighted by Crippen LogP contribution is -2.21. The van der Waals surface area contributed by atoms with Gasteiger partial charge in [-0.3, -0.25) is 4.79 Å². The number of carbonyl (C=O) groups is 1. The Morgan fingerprint density at radius 3 is 2.60 bits per heavy atom. The molecule has 0 aliphatic rings. The molecule has 0 radical (unpaired) electrons. The minimum atomic E-state index is -0.0155. The Kier molecular flexibility index (Phi) is 4.56. The summed E-state index contributed by atoms with van der Waals surface area (Å²) in [4.78, 5) is 11.5. The molecule has 0 fully saturated rings. The number of halogens is 1. The summed E-state index contributed by atoms with van der Waals surface area (Å²) < 4.78 is -0.0155. The number of rotatable bonds is 3. The van der Waals surface area contributed by atoms with Crippen LogP contribution in [-0.2, 0) is 4.79 Å². The van der Waals surface area contributed by atoms with E-state index in [1.54, 1.807) is 24.3 Å². The lowest BCUT2D eigenvalue weighted by atomic mass is 10.2. The molecule has 1 rings (SSSR count). The number of benzene rings is 1. The summed E-state index contributed by atoms with van der Waals surface area (Å²) in [5.74, 6) is 0.00260. The van der Waals surface area contributed by atoms with Crippen LogP contribution in [0.3, 0.4) is 0 Å². The molecule has 1 unspecified atom stereocenters. The molecule has 0 aromatic heterocycles. The summed E-state index contributed by atoms with van der Waals surface area (Å²) in [6, 6.07) is 8.86. The maximum Gasteiger partial charge on any atom is 0.237 e. The van der Waals surface area contributed by atoms with Gasteiger partial charge in [-0.05, 0) is 30.7 Å². The van der Waals surface area contributed by atoms with Gasteiger partial charge in [0.1, 0.15) is 0 Å². The number of hydrogen-bond acceptors (Lipinski definition) is 2. The van der Waals surface area contributed by atoms with Gasteiger partial charge in [0.15, 0.2) is 0 Å². The highest BCUT2D eigenvalue weighted by Gasteiger charge is 2.11. The van der Waals surface area contributed by atoms with Crippen LogP contribution in [-0.4, -0.2) is 9.83 Å². The normalized spacial score (nSPS) is 11.5.